The van der Waals surface area contributed by atoms with E-state index in [2.05, 4.69) is 0 Å². The first-order valence-corrected chi connectivity index (χ1v) is 7.53. The van der Waals surface area contributed by atoms with Crippen LogP contribution in [0.5, 0.6) is 0 Å². The molecular weight excluding hydrogens is 218 g/mol. The standard InChI is InChI=1S/C15H26F2/c16-15(17)11-9-14(10-12-15)8-4-3-7-13-5-1-2-6-13/h13-14H,1-12H2. The fraction of sp³-hybridized carbons (Fsp3) is 1.00. The van der Waals surface area contributed by atoms with E-state index in [0.29, 0.717) is 5.92 Å². The molecule has 0 bridgehead atoms. The molecule has 0 atom stereocenters. The highest BCUT2D eigenvalue weighted by atomic mass is 19.3. The fourth-order valence-corrected chi connectivity index (χ4v) is 3.55. The Morgan fingerprint density at radius 1 is 0.765 bits per heavy atom. The van der Waals surface area contributed by atoms with Gasteiger partial charge in [-0.2, -0.15) is 0 Å². The van der Waals surface area contributed by atoms with E-state index in [1.165, 1.54) is 51.4 Å². The van der Waals surface area contributed by atoms with Gasteiger partial charge in [-0.15, -0.1) is 0 Å². The number of rotatable bonds is 5. The van der Waals surface area contributed by atoms with E-state index >= 15 is 0 Å². The monoisotopic (exact) mass is 244 g/mol. The van der Waals surface area contributed by atoms with Gasteiger partial charge in [-0.3, -0.25) is 0 Å². The Kier molecular flexibility index (Phi) is 4.81. The minimum absolute atomic E-state index is 0.139. The minimum atomic E-state index is -2.35. The molecule has 0 unspecified atom stereocenters. The highest BCUT2D eigenvalue weighted by Gasteiger charge is 2.34. The van der Waals surface area contributed by atoms with Crippen LogP contribution in [0.3, 0.4) is 0 Å². The lowest BCUT2D eigenvalue weighted by molar-refractivity contribution is -0.0467. The Hall–Kier alpha value is -0.140. The third kappa shape index (κ3) is 4.56. The Bertz CT molecular complexity index is 209. The van der Waals surface area contributed by atoms with E-state index in [1.54, 1.807) is 0 Å². The van der Waals surface area contributed by atoms with E-state index < -0.39 is 5.92 Å². The van der Waals surface area contributed by atoms with Crippen LogP contribution in [-0.4, -0.2) is 5.92 Å². The lowest BCUT2D eigenvalue weighted by Gasteiger charge is -2.28. The molecule has 2 rings (SSSR count). The van der Waals surface area contributed by atoms with Crippen LogP contribution in [0.15, 0.2) is 0 Å². The van der Waals surface area contributed by atoms with Crippen LogP contribution in [0.2, 0.25) is 0 Å². The predicted molar refractivity (Wildman–Crippen MR) is 67.3 cm³/mol. The van der Waals surface area contributed by atoms with Crippen molar-refractivity contribution in [2.75, 3.05) is 0 Å². The van der Waals surface area contributed by atoms with Crippen LogP contribution in [-0.2, 0) is 0 Å². The average Bonchev–Trinajstić information content (AvgIpc) is 2.79. The summed E-state index contributed by atoms with van der Waals surface area (Å²) in [5.41, 5.74) is 0. The molecule has 0 amide bonds. The van der Waals surface area contributed by atoms with Crippen molar-refractivity contribution in [3.05, 3.63) is 0 Å². The second kappa shape index (κ2) is 6.15. The zero-order valence-electron chi connectivity index (χ0n) is 10.9. The quantitative estimate of drug-likeness (QED) is 0.555. The summed E-state index contributed by atoms with van der Waals surface area (Å²) in [6.07, 6.45) is 12.7. The molecule has 2 saturated carbocycles. The topological polar surface area (TPSA) is 0 Å². The molecule has 2 aliphatic rings. The maximum Gasteiger partial charge on any atom is 0.248 e. The summed E-state index contributed by atoms with van der Waals surface area (Å²) in [5, 5.41) is 0. The number of halogens is 2. The van der Waals surface area contributed by atoms with Crippen molar-refractivity contribution >= 4 is 0 Å². The molecular formula is C15H26F2. The van der Waals surface area contributed by atoms with Crippen molar-refractivity contribution in [2.24, 2.45) is 11.8 Å². The summed E-state index contributed by atoms with van der Waals surface area (Å²) in [4.78, 5) is 0. The summed E-state index contributed by atoms with van der Waals surface area (Å²) in [6.45, 7) is 0. The van der Waals surface area contributed by atoms with Crippen LogP contribution in [0.25, 0.3) is 0 Å². The molecule has 2 fully saturated rings. The van der Waals surface area contributed by atoms with Crippen LogP contribution in [0.4, 0.5) is 8.78 Å². The molecule has 0 aromatic rings. The lowest BCUT2D eigenvalue weighted by Crippen LogP contribution is -2.24. The number of hydrogen-bond acceptors (Lipinski definition) is 0. The van der Waals surface area contributed by atoms with Crippen LogP contribution in [0, 0.1) is 11.8 Å². The minimum Gasteiger partial charge on any atom is -0.207 e. The van der Waals surface area contributed by atoms with Gasteiger partial charge in [0.1, 0.15) is 0 Å². The van der Waals surface area contributed by atoms with Crippen LogP contribution < -0.4 is 0 Å². The molecule has 0 radical (unpaired) electrons. The van der Waals surface area contributed by atoms with Gasteiger partial charge in [0.25, 0.3) is 0 Å². The first kappa shape index (κ1) is 13.3. The summed E-state index contributed by atoms with van der Waals surface area (Å²) in [7, 11) is 0. The van der Waals surface area contributed by atoms with E-state index in [1.807, 2.05) is 0 Å². The fourth-order valence-electron chi connectivity index (χ4n) is 3.55. The van der Waals surface area contributed by atoms with Gasteiger partial charge in [-0.05, 0) is 24.7 Å². The van der Waals surface area contributed by atoms with Gasteiger partial charge in [0.05, 0.1) is 0 Å². The second-order valence-corrected chi connectivity index (χ2v) is 6.23. The maximum absolute atomic E-state index is 13.0. The average molecular weight is 244 g/mol. The number of alkyl halides is 2. The first-order valence-electron chi connectivity index (χ1n) is 7.53. The van der Waals surface area contributed by atoms with E-state index in [4.69, 9.17) is 0 Å². The third-order valence-electron chi connectivity index (χ3n) is 4.79. The van der Waals surface area contributed by atoms with Gasteiger partial charge in [0.2, 0.25) is 5.92 Å². The van der Waals surface area contributed by atoms with Crippen molar-refractivity contribution < 1.29 is 8.78 Å². The van der Waals surface area contributed by atoms with E-state index in [9.17, 15) is 8.78 Å². The Morgan fingerprint density at radius 2 is 1.24 bits per heavy atom. The molecule has 17 heavy (non-hydrogen) atoms. The van der Waals surface area contributed by atoms with Gasteiger partial charge in [-0.1, -0.05) is 51.4 Å². The summed E-state index contributed by atoms with van der Waals surface area (Å²) >= 11 is 0. The van der Waals surface area contributed by atoms with Crippen molar-refractivity contribution in [3.8, 4) is 0 Å². The summed E-state index contributed by atoms with van der Waals surface area (Å²) < 4.78 is 25.9. The van der Waals surface area contributed by atoms with E-state index in [0.717, 1.165) is 18.8 Å². The van der Waals surface area contributed by atoms with Gasteiger partial charge < -0.3 is 0 Å². The molecule has 0 spiro atoms. The summed E-state index contributed by atoms with van der Waals surface area (Å²) in [5.74, 6) is -0.760. The first-order chi connectivity index (χ1) is 8.16. The van der Waals surface area contributed by atoms with Gasteiger partial charge >= 0.3 is 0 Å². The second-order valence-electron chi connectivity index (χ2n) is 6.23. The Morgan fingerprint density at radius 3 is 1.76 bits per heavy atom. The number of hydrogen-bond donors (Lipinski definition) is 0. The summed E-state index contributed by atoms with van der Waals surface area (Å²) in [6, 6.07) is 0. The molecule has 0 aromatic heterocycles. The van der Waals surface area contributed by atoms with E-state index in [-0.39, 0.29) is 12.8 Å². The van der Waals surface area contributed by atoms with Crippen molar-refractivity contribution in [3.63, 3.8) is 0 Å². The molecule has 2 heteroatoms. The zero-order valence-corrected chi connectivity index (χ0v) is 10.9. The molecule has 0 nitrogen and oxygen atoms in total. The number of unbranched alkanes of at least 4 members (excludes halogenated alkanes) is 1. The van der Waals surface area contributed by atoms with Crippen molar-refractivity contribution in [1.82, 2.24) is 0 Å². The van der Waals surface area contributed by atoms with Gasteiger partial charge in [0.15, 0.2) is 0 Å². The third-order valence-corrected chi connectivity index (χ3v) is 4.79. The van der Waals surface area contributed by atoms with Crippen molar-refractivity contribution in [2.45, 2.75) is 83.0 Å². The molecule has 0 aliphatic heterocycles. The zero-order chi connectivity index (χ0) is 12.1. The smallest absolute Gasteiger partial charge is 0.207 e. The SMILES string of the molecule is FC1(F)CCC(CCCCC2CCCC2)CC1. The predicted octanol–water partition coefficient (Wildman–Crippen LogP) is 5.56. The highest BCUT2D eigenvalue weighted by molar-refractivity contribution is 4.77. The molecule has 0 aromatic carbocycles. The molecule has 0 N–H and O–H groups in total. The molecule has 0 saturated heterocycles. The van der Waals surface area contributed by atoms with Gasteiger partial charge in [-0.25, -0.2) is 8.78 Å². The maximum atomic E-state index is 13.0. The van der Waals surface area contributed by atoms with Gasteiger partial charge in [0, 0.05) is 12.8 Å². The molecule has 2 aliphatic carbocycles. The molecule has 100 valence electrons. The highest BCUT2D eigenvalue weighted by Crippen LogP contribution is 2.38. The normalized spacial score (nSPS) is 26.5. The Balaban J connectivity index is 1.51. The van der Waals surface area contributed by atoms with Crippen LogP contribution in [0.1, 0.15) is 77.0 Å². The van der Waals surface area contributed by atoms with Crippen LogP contribution >= 0.6 is 0 Å². The lowest BCUT2D eigenvalue weighted by atomic mass is 9.83. The molecule has 0 heterocycles. The Labute approximate surface area is 104 Å². The van der Waals surface area contributed by atoms with Crippen molar-refractivity contribution in [1.29, 1.82) is 0 Å². The largest absolute Gasteiger partial charge is 0.248 e.